The lowest BCUT2D eigenvalue weighted by Crippen LogP contribution is -2.29. The average Bonchev–Trinajstić information content (AvgIpc) is 3.15. The highest BCUT2D eigenvalue weighted by molar-refractivity contribution is 7.90. The van der Waals surface area contributed by atoms with Gasteiger partial charge in [0.15, 0.2) is 0 Å². The van der Waals surface area contributed by atoms with Crippen LogP contribution in [0.25, 0.3) is 11.1 Å². The van der Waals surface area contributed by atoms with Crippen molar-refractivity contribution in [1.82, 2.24) is 14.3 Å². The molecule has 3 aromatic rings. The number of carbonyl (C=O) groups is 1. The van der Waals surface area contributed by atoms with Gasteiger partial charge in [0.05, 0.1) is 4.90 Å². The van der Waals surface area contributed by atoms with Gasteiger partial charge in [-0.25, -0.2) is 22.9 Å². The summed E-state index contributed by atoms with van der Waals surface area (Å²) < 4.78 is 29.1. The molecule has 0 aliphatic carbocycles. The molecule has 0 atom stereocenters. The van der Waals surface area contributed by atoms with E-state index in [0.717, 1.165) is 23.4 Å². The molecule has 0 bridgehead atoms. The Balaban J connectivity index is 1.99. The molecule has 8 heteroatoms. The molecule has 2 aromatic carbocycles. The maximum absolute atomic E-state index is 12.7. The summed E-state index contributed by atoms with van der Waals surface area (Å²) in [6.07, 6.45) is 2.92. The summed E-state index contributed by atoms with van der Waals surface area (Å²) in [5.74, 6) is 1.38. The van der Waals surface area contributed by atoms with Crippen LogP contribution in [0.2, 0.25) is 0 Å². The summed E-state index contributed by atoms with van der Waals surface area (Å²) in [5.41, 5.74) is 3.14. The highest BCUT2D eigenvalue weighted by Crippen LogP contribution is 2.30. The molecule has 0 fully saturated rings. The summed E-state index contributed by atoms with van der Waals surface area (Å²) in [7, 11) is -4.22. The summed E-state index contributed by atoms with van der Waals surface area (Å²) in [5, 5.41) is 8.99. The molecule has 7 nitrogen and oxygen atoms in total. The van der Waals surface area contributed by atoms with Gasteiger partial charge in [-0.3, -0.25) is 0 Å². The molecule has 0 spiro atoms. The molecular weight excluding hydrogens is 438 g/mol. The molecule has 1 heterocycles. The topological polar surface area (TPSA) is 101 Å². The van der Waals surface area contributed by atoms with Crippen molar-refractivity contribution in [2.45, 2.75) is 57.9 Å². The minimum atomic E-state index is -4.22. The zero-order chi connectivity index (χ0) is 24.4. The third-order valence-corrected chi connectivity index (χ3v) is 6.58. The first-order valence-electron chi connectivity index (χ1n) is 10.9. The van der Waals surface area contributed by atoms with Gasteiger partial charge in [-0.05, 0) is 41.2 Å². The molecule has 0 saturated carbocycles. The Hall–Kier alpha value is -3.13. The Labute approximate surface area is 195 Å². The molecule has 0 radical (unpaired) electrons. The molecule has 2 N–H and O–H groups in total. The van der Waals surface area contributed by atoms with Crippen LogP contribution in [-0.2, 0) is 28.4 Å². The first-order valence-corrected chi connectivity index (χ1v) is 12.3. The van der Waals surface area contributed by atoms with E-state index >= 15 is 0 Å². The number of nitrogens with zero attached hydrogens (tertiary/aromatic N) is 2. The molecule has 3 rings (SSSR count). The lowest BCUT2D eigenvalue weighted by atomic mass is 9.95. The van der Waals surface area contributed by atoms with Gasteiger partial charge in [-0.1, -0.05) is 65.0 Å². The molecule has 0 unspecified atom stereocenters. The number of rotatable bonds is 7. The molecule has 0 aliphatic rings. The van der Waals surface area contributed by atoms with Crippen LogP contribution in [0, 0.1) is 5.92 Å². The van der Waals surface area contributed by atoms with Crippen LogP contribution < -0.4 is 4.72 Å². The Morgan fingerprint density at radius 1 is 1.09 bits per heavy atom. The molecule has 0 aliphatic heterocycles. The van der Waals surface area contributed by atoms with Gasteiger partial charge in [0, 0.05) is 29.9 Å². The molecule has 176 valence electrons. The molecule has 0 saturated heterocycles. The number of benzene rings is 2. The zero-order valence-corrected chi connectivity index (χ0v) is 20.5. The smallest absolute Gasteiger partial charge is 0.418 e. The molecular formula is C25H31N3O4S. The fourth-order valence-corrected chi connectivity index (χ4v) is 4.93. The quantitative estimate of drug-likeness (QED) is 0.504. The first kappa shape index (κ1) is 24.5. The van der Waals surface area contributed by atoms with E-state index < -0.39 is 16.1 Å². The summed E-state index contributed by atoms with van der Waals surface area (Å²) in [4.78, 5) is 15.5. The van der Waals surface area contributed by atoms with Gasteiger partial charge >= 0.3 is 6.09 Å². The molecule has 33 heavy (non-hydrogen) atoms. The van der Waals surface area contributed by atoms with Crippen molar-refractivity contribution in [3.63, 3.8) is 0 Å². The summed E-state index contributed by atoms with van der Waals surface area (Å²) in [6.45, 7) is 11.2. The van der Waals surface area contributed by atoms with E-state index in [9.17, 15) is 13.2 Å². The highest BCUT2D eigenvalue weighted by atomic mass is 32.2. The molecule has 1 aromatic heterocycles. The van der Waals surface area contributed by atoms with Gasteiger partial charge in [0.25, 0.3) is 10.0 Å². The van der Waals surface area contributed by atoms with E-state index in [4.69, 9.17) is 5.11 Å². The Kier molecular flexibility index (Phi) is 6.97. The second-order valence-electron chi connectivity index (χ2n) is 9.66. The third-order valence-electron chi connectivity index (χ3n) is 5.20. The van der Waals surface area contributed by atoms with Crippen molar-refractivity contribution in [2.75, 3.05) is 0 Å². The number of nitrogens with one attached hydrogen (secondary N) is 1. The van der Waals surface area contributed by atoms with Crippen molar-refractivity contribution in [3.05, 3.63) is 71.8 Å². The number of carboxylic acid groups (broad SMARTS) is 1. The summed E-state index contributed by atoms with van der Waals surface area (Å²) in [6, 6.07) is 12.7. The first-order chi connectivity index (χ1) is 15.4. The van der Waals surface area contributed by atoms with Gasteiger partial charge in [0.2, 0.25) is 0 Å². The number of hydrogen-bond donors (Lipinski definition) is 2. The second kappa shape index (κ2) is 9.39. The van der Waals surface area contributed by atoms with E-state index in [-0.39, 0.29) is 10.3 Å². The van der Waals surface area contributed by atoms with Crippen molar-refractivity contribution < 1.29 is 18.3 Å². The van der Waals surface area contributed by atoms with Crippen molar-refractivity contribution in [3.8, 4) is 11.1 Å². The predicted molar refractivity (Wildman–Crippen MR) is 129 cm³/mol. The maximum Gasteiger partial charge on any atom is 0.418 e. The van der Waals surface area contributed by atoms with E-state index in [2.05, 4.69) is 44.2 Å². The third kappa shape index (κ3) is 6.01. The number of sulfonamides is 1. The fraction of sp³-hybridized carbons (Fsp3) is 0.360. The number of hydrogen-bond acceptors (Lipinski definition) is 4. The van der Waals surface area contributed by atoms with Crippen LogP contribution in [0.4, 0.5) is 4.79 Å². The van der Waals surface area contributed by atoms with Gasteiger partial charge < -0.3 is 9.67 Å². The van der Waals surface area contributed by atoms with Crippen molar-refractivity contribution >= 4 is 16.1 Å². The maximum atomic E-state index is 12.7. The van der Waals surface area contributed by atoms with Crippen LogP contribution in [0.5, 0.6) is 0 Å². The minimum Gasteiger partial charge on any atom is -0.464 e. The van der Waals surface area contributed by atoms with Gasteiger partial charge in [-0.2, -0.15) is 0 Å². The average molecular weight is 470 g/mol. The highest BCUT2D eigenvalue weighted by Gasteiger charge is 2.23. The normalized spacial score (nSPS) is 12.2. The van der Waals surface area contributed by atoms with Crippen LogP contribution in [-0.4, -0.2) is 29.2 Å². The second-order valence-corrected chi connectivity index (χ2v) is 11.3. The van der Waals surface area contributed by atoms with E-state index in [0.29, 0.717) is 23.6 Å². The summed E-state index contributed by atoms with van der Waals surface area (Å²) >= 11 is 0. The zero-order valence-electron chi connectivity index (χ0n) is 19.7. The number of imidazole rings is 1. The predicted octanol–water partition coefficient (Wildman–Crippen LogP) is 5.05. The van der Waals surface area contributed by atoms with Crippen LogP contribution in [0.15, 0.2) is 59.8 Å². The number of aromatic nitrogens is 2. The van der Waals surface area contributed by atoms with Crippen molar-refractivity contribution in [2.24, 2.45) is 5.92 Å². The van der Waals surface area contributed by atoms with E-state index in [1.54, 1.807) is 17.0 Å². The largest absolute Gasteiger partial charge is 0.464 e. The minimum absolute atomic E-state index is 0.0604. The van der Waals surface area contributed by atoms with E-state index in [1.807, 2.05) is 36.5 Å². The molecule has 1 amide bonds. The van der Waals surface area contributed by atoms with Gasteiger partial charge in [0.1, 0.15) is 5.82 Å². The Bertz CT molecular complexity index is 1240. The van der Waals surface area contributed by atoms with Gasteiger partial charge in [-0.15, -0.1) is 0 Å². The lowest BCUT2D eigenvalue weighted by Gasteiger charge is -2.20. The fourth-order valence-electron chi connectivity index (χ4n) is 3.87. The van der Waals surface area contributed by atoms with E-state index in [1.165, 1.54) is 6.07 Å². The van der Waals surface area contributed by atoms with Crippen LogP contribution >= 0.6 is 0 Å². The van der Waals surface area contributed by atoms with Crippen molar-refractivity contribution in [1.29, 1.82) is 0 Å². The lowest BCUT2D eigenvalue weighted by molar-refractivity contribution is 0.201. The monoisotopic (exact) mass is 469 g/mol. The standard InChI is InChI=1S/C25H31N3O4S/c1-17(2)14-19-8-11-22(33(31,32)27-24(29)30)21(15-19)20-9-6-18(7-10-20)16-28-13-12-26-23(28)25(3,4)5/h6-13,15,17,27H,14,16H2,1-5H3,(H,29,30). The number of amides is 1. The Morgan fingerprint density at radius 3 is 2.30 bits per heavy atom. The van der Waals surface area contributed by atoms with Crippen LogP contribution in [0.1, 0.15) is 51.6 Å². The van der Waals surface area contributed by atoms with Crippen LogP contribution in [0.3, 0.4) is 0 Å². The SMILES string of the molecule is CC(C)Cc1ccc(S(=O)(=O)NC(=O)O)c(-c2ccc(Cn3ccnc3C(C)(C)C)cc2)c1. The Morgan fingerprint density at radius 2 is 1.73 bits per heavy atom.